The monoisotopic (exact) mass is 325 g/mol. The largest absolute Gasteiger partial charge is 0.497 e. The molecule has 2 heterocycles. The van der Waals surface area contributed by atoms with Crippen LogP contribution in [0.15, 0.2) is 48.5 Å². The molecule has 1 saturated heterocycles. The summed E-state index contributed by atoms with van der Waals surface area (Å²) in [4.78, 5) is 15.7. The maximum Gasteiger partial charge on any atom is 0.343 e. The zero-order valence-corrected chi connectivity index (χ0v) is 13.7. The van der Waals surface area contributed by atoms with Crippen LogP contribution in [0.3, 0.4) is 0 Å². The van der Waals surface area contributed by atoms with Crippen LogP contribution in [0.4, 0.5) is 5.69 Å². The molecular formula is C19H21N2O3+. The van der Waals surface area contributed by atoms with E-state index in [1.165, 1.54) is 10.6 Å². The first-order valence-electron chi connectivity index (χ1n) is 8.30. The first kappa shape index (κ1) is 15.0. The summed E-state index contributed by atoms with van der Waals surface area (Å²) in [6.07, 6.45) is -0.160. The number of esters is 1. The van der Waals surface area contributed by atoms with Gasteiger partial charge < -0.3 is 14.4 Å². The summed E-state index contributed by atoms with van der Waals surface area (Å²) in [5, 5.41) is 0. The first-order valence-corrected chi connectivity index (χ1v) is 8.30. The molecule has 24 heavy (non-hydrogen) atoms. The van der Waals surface area contributed by atoms with E-state index in [9.17, 15) is 4.79 Å². The van der Waals surface area contributed by atoms with Gasteiger partial charge in [0.05, 0.1) is 44.4 Å². The van der Waals surface area contributed by atoms with Crippen LogP contribution >= 0.6 is 0 Å². The molecule has 1 atom stereocenters. The molecule has 0 aromatic heterocycles. The molecule has 5 heteroatoms. The third-order valence-corrected chi connectivity index (χ3v) is 4.90. The Bertz CT molecular complexity index is 737. The van der Waals surface area contributed by atoms with Crippen molar-refractivity contribution in [1.29, 1.82) is 0 Å². The van der Waals surface area contributed by atoms with Crippen molar-refractivity contribution in [2.45, 2.75) is 6.23 Å². The van der Waals surface area contributed by atoms with Crippen molar-refractivity contribution < 1.29 is 19.2 Å². The quantitative estimate of drug-likeness (QED) is 0.863. The summed E-state index contributed by atoms with van der Waals surface area (Å²) >= 11 is 0. The Morgan fingerprint density at radius 2 is 1.79 bits per heavy atom. The standard InChI is InChI=1S/C19H20N2O3/c1-23-15-8-6-14(7-9-15)20-10-12-21(13-11-20)18-16-4-2-3-5-17(16)19(22)24-18/h2-9,18H,10-13H2,1H3/p+1/t18-/m1/s1. The minimum atomic E-state index is -0.194. The van der Waals surface area contributed by atoms with Crippen molar-refractivity contribution in [1.82, 2.24) is 0 Å². The van der Waals surface area contributed by atoms with Crippen molar-refractivity contribution in [3.8, 4) is 5.75 Å². The highest BCUT2D eigenvalue weighted by atomic mass is 16.6. The number of rotatable bonds is 3. The number of piperazine rings is 1. The van der Waals surface area contributed by atoms with E-state index < -0.39 is 0 Å². The minimum absolute atomic E-state index is 0.160. The van der Waals surface area contributed by atoms with E-state index in [1.807, 2.05) is 36.4 Å². The number of methoxy groups -OCH3 is 1. The molecule has 1 fully saturated rings. The third-order valence-electron chi connectivity index (χ3n) is 4.90. The number of quaternary nitrogens is 1. The van der Waals surface area contributed by atoms with E-state index in [4.69, 9.17) is 9.47 Å². The first-order chi connectivity index (χ1) is 11.8. The second kappa shape index (κ2) is 6.17. The third kappa shape index (κ3) is 2.61. The second-order valence-electron chi connectivity index (χ2n) is 6.22. The number of anilines is 1. The van der Waals surface area contributed by atoms with E-state index in [2.05, 4.69) is 17.0 Å². The number of hydrogen-bond donors (Lipinski definition) is 1. The Balaban J connectivity index is 1.44. The molecular weight excluding hydrogens is 304 g/mol. The maximum absolute atomic E-state index is 12.0. The number of ether oxygens (including phenoxy) is 2. The Labute approximate surface area is 141 Å². The van der Waals surface area contributed by atoms with Crippen molar-refractivity contribution >= 4 is 11.7 Å². The Morgan fingerprint density at radius 3 is 2.50 bits per heavy atom. The van der Waals surface area contributed by atoms with Gasteiger partial charge in [0.25, 0.3) is 6.23 Å². The van der Waals surface area contributed by atoms with Gasteiger partial charge in [-0.2, -0.15) is 0 Å². The molecule has 2 aliphatic heterocycles. The highest BCUT2D eigenvalue weighted by molar-refractivity contribution is 5.93. The van der Waals surface area contributed by atoms with Crippen LogP contribution in [0.5, 0.6) is 5.75 Å². The van der Waals surface area contributed by atoms with Crippen LogP contribution in [-0.2, 0) is 4.74 Å². The van der Waals surface area contributed by atoms with E-state index >= 15 is 0 Å². The highest BCUT2D eigenvalue weighted by Crippen LogP contribution is 2.26. The van der Waals surface area contributed by atoms with Crippen LogP contribution in [0.1, 0.15) is 22.1 Å². The summed E-state index contributed by atoms with van der Waals surface area (Å²) < 4.78 is 10.8. The van der Waals surface area contributed by atoms with Gasteiger partial charge in [-0.1, -0.05) is 12.1 Å². The van der Waals surface area contributed by atoms with Crippen molar-refractivity contribution in [3.63, 3.8) is 0 Å². The summed E-state index contributed by atoms with van der Waals surface area (Å²) in [6, 6.07) is 15.9. The van der Waals surface area contributed by atoms with Crippen molar-refractivity contribution in [2.24, 2.45) is 0 Å². The Morgan fingerprint density at radius 1 is 1.08 bits per heavy atom. The van der Waals surface area contributed by atoms with Gasteiger partial charge in [-0.25, -0.2) is 4.79 Å². The van der Waals surface area contributed by atoms with Gasteiger partial charge >= 0.3 is 5.97 Å². The predicted molar refractivity (Wildman–Crippen MR) is 90.5 cm³/mol. The van der Waals surface area contributed by atoms with Gasteiger partial charge in [-0.3, -0.25) is 4.90 Å². The van der Waals surface area contributed by atoms with E-state index in [1.54, 1.807) is 7.11 Å². The number of benzene rings is 2. The molecule has 2 aliphatic rings. The average Bonchev–Trinajstić information content (AvgIpc) is 2.99. The zero-order valence-electron chi connectivity index (χ0n) is 13.7. The SMILES string of the molecule is COc1ccc(N2CC[NH+]([C@@H]3OC(=O)c4ccccc43)CC2)cc1. The van der Waals surface area contributed by atoms with Gasteiger partial charge in [0, 0.05) is 5.69 Å². The van der Waals surface area contributed by atoms with Gasteiger partial charge in [0.1, 0.15) is 5.75 Å². The van der Waals surface area contributed by atoms with Crippen LogP contribution in [0.25, 0.3) is 0 Å². The molecule has 0 spiro atoms. The molecule has 0 amide bonds. The molecule has 0 unspecified atom stereocenters. The number of hydrogen-bond acceptors (Lipinski definition) is 4. The molecule has 0 saturated carbocycles. The molecule has 0 bridgehead atoms. The van der Waals surface area contributed by atoms with Crippen LogP contribution in [0, 0.1) is 0 Å². The molecule has 1 N–H and O–H groups in total. The number of carbonyl (C=O) groups is 1. The maximum atomic E-state index is 12.0. The topological polar surface area (TPSA) is 43.2 Å². The second-order valence-corrected chi connectivity index (χ2v) is 6.22. The van der Waals surface area contributed by atoms with Crippen LogP contribution in [0.2, 0.25) is 0 Å². The fourth-order valence-corrected chi connectivity index (χ4v) is 3.56. The number of cyclic esters (lactones) is 1. The van der Waals surface area contributed by atoms with Gasteiger partial charge in [-0.15, -0.1) is 0 Å². The lowest BCUT2D eigenvalue weighted by Crippen LogP contribution is -3.15. The number of carbonyl (C=O) groups excluding carboxylic acids is 1. The van der Waals surface area contributed by atoms with Gasteiger partial charge in [-0.05, 0) is 36.4 Å². The molecule has 4 rings (SSSR count). The van der Waals surface area contributed by atoms with Crippen molar-refractivity contribution in [3.05, 3.63) is 59.7 Å². The van der Waals surface area contributed by atoms with Crippen LogP contribution in [-0.4, -0.2) is 39.3 Å². The summed E-state index contributed by atoms with van der Waals surface area (Å²) in [5.74, 6) is 0.679. The fourth-order valence-electron chi connectivity index (χ4n) is 3.56. The molecule has 5 nitrogen and oxygen atoms in total. The summed E-state index contributed by atoms with van der Waals surface area (Å²) in [7, 11) is 1.68. The lowest BCUT2D eigenvalue weighted by Gasteiger charge is -2.35. The van der Waals surface area contributed by atoms with Gasteiger partial charge in [0.2, 0.25) is 0 Å². The smallest absolute Gasteiger partial charge is 0.343 e. The van der Waals surface area contributed by atoms with E-state index in [0.29, 0.717) is 5.56 Å². The molecule has 124 valence electrons. The zero-order chi connectivity index (χ0) is 16.5. The molecule has 0 aliphatic carbocycles. The Hall–Kier alpha value is -2.53. The molecule has 2 aromatic rings. The highest BCUT2D eigenvalue weighted by Gasteiger charge is 2.39. The summed E-state index contributed by atoms with van der Waals surface area (Å²) in [6.45, 7) is 3.77. The van der Waals surface area contributed by atoms with Crippen molar-refractivity contribution in [2.75, 3.05) is 38.2 Å². The molecule has 2 aromatic carbocycles. The normalized spacial score (nSPS) is 20.6. The van der Waals surface area contributed by atoms with E-state index in [0.717, 1.165) is 37.5 Å². The van der Waals surface area contributed by atoms with Crippen LogP contribution < -0.4 is 14.5 Å². The van der Waals surface area contributed by atoms with E-state index in [-0.39, 0.29) is 12.2 Å². The average molecular weight is 325 g/mol. The fraction of sp³-hybridized carbons (Fsp3) is 0.316. The minimum Gasteiger partial charge on any atom is -0.497 e. The number of fused-ring (bicyclic) bond motifs is 1. The lowest BCUT2D eigenvalue weighted by molar-refractivity contribution is -0.952. The lowest BCUT2D eigenvalue weighted by atomic mass is 10.1. The Kier molecular flexibility index (Phi) is 3.86. The number of nitrogens with one attached hydrogen (secondary N) is 1. The summed E-state index contributed by atoms with van der Waals surface area (Å²) in [5.41, 5.74) is 2.95. The molecule has 0 radical (unpaired) electrons. The number of nitrogens with zero attached hydrogens (tertiary/aromatic N) is 1. The predicted octanol–water partition coefficient (Wildman–Crippen LogP) is 1.27. The van der Waals surface area contributed by atoms with Gasteiger partial charge in [0.15, 0.2) is 0 Å².